The summed E-state index contributed by atoms with van der Waals surface area (Å²) in [7, 11) is 0. The molecule has 2 rings (SSSR count). The fraction of sp³-hybridized carbons (Fsp3) is 0.571. The van der Waals surface area contributed by atoms with Crippen molar-refractivity contribution in [2.45, 2.75) is 52.5 Å². The summed E-state index contributed by atoms with van der Waals surface area (Å²) in [4.78, 5) is 0. The molecule has 0 unspecified atom stereocenters. The summed E-state index contributed by atoms with van der Waals surface area (Å²) in [5.41, 5.74) is 4.22. The molecule has 0 aromatic carbocycles. The van der Waals surface area contributed by atoms with Gasteiger partial charge in [-0.15, -0.1) is 4.75 Å². The molecule has 4 nitrogen and oxygen atoms in total. The zero-order valence-corrected chi connectivity index (χ0v) is 13.2. The lowest BCUT2D eigenvalue weighted by Crippen LogP contribution is -2.39. The molecule has 0 spiro atoms. The number of rotatable bonds is 3. The molecular formula is C14H21N4S-. The van der Waals surface area contributed by atoms with Gasteiger partial charge in [-0.05, 0) is 39.8 Å². The fourth-order valence-electron chi connectivity index (χ4n) is 2.48. The Kier molecular flexibility index (Phi) is 3.51. The minimum absolute atomic E-state index is 0.0927. The standard InChI is InChI=1S/C14H22N4S/c1-9-7-11(3)17(15-9)13(14(5,6)19)18-12(4)8-10(2)16-18/h7-8,13,19H,1-6H3/p-1. The van der Waals surface area contributed by atoms with Crippen molar-refractivity contribution in [3.05, 3.63) is 34.9 Å². The van der Waals surface area contributed by atoms with Crippen LogP contribution in [0.4, 0.5) is 0 Å². The van der Waals surface area contributed by atoms with Crippen LogP contribution >= 0.6 is 0 Å². The van der Waals surface area contributed by atoms with Gasteiger partial charge in [-0.25, -0.2) is 9.36 Å². The van der Waals surface area contributed by atoms with Crippen molar-refractivity contribution >= 4 is 12.6 Å². The first-order valence-electron chi connectivity index (χ1n) is 6.46. The summed E-state index contributed by atoms with van der Waals surface area (Å²) < 4.78 is 3.59. The Bertz CT molecular complexity index is 543. The van der Waals surface area contributed by atoms with E-state index in [1.165, 1.54) is 0 Å². The van der Waals surface area contributed by atoms with Crippen LogP contribution in [0.5, 0.6) is 0 Å². The highest BCUT2D eigenvalue weighted by Gasteiger charge is 2.25. The van der Waals surface area contributed by atoms with Crippen molar-refractivity contribution in [2.75, 3.05) is 0 Å². The molecule has 0 bridgehead atoms. The van der Waals surface area contributed by atoms with Crippen LogP contribution in [0.3, 0.4) is 0 Å². The maximum atomic E-state index is 5.69. The first-order chi connectivity index (χ1) is 8.70. The number of hydrogen-bond acceptors (Lipinski definition) is 3. The number of aromatic nitrogens is 4. The molecule has 0 saturated heterocycles. The van der Waals surface area contributed by atoms with Gasteiger partial charge in [0.05, 0.1) is 11.4 Å². The van der Waals surface area contributed by atoms with Crippen molar-refractivity contribution in [3.8, 4) is 0 Å². The van der Waals surface area contributed by atoms with Crippen molar-refractivity contribution in [1.29, 1.82) is 0 Å². The summed E-state index contributed by atoms with van der Waals surface area (Å²) in [5, 5.41) is 9.19. The van der Waals surface area contributed by atoms with E-state index in [0.29, 0.717) is 0 Å². The van der Waals surface area contributed by atoms with E-state index in [0.717, 1.165) is 22.8 Å². The van der Waals surface area contributed by atoms with Crippen LogP contribution in [0.1, 0.15) is 42.8 Å². The van der Waals surface area contributed by atoms with E-state index >= 15 is 0 Å². The van der Waals surface area contributed by atoms with Gasteiger partial charge in [0.2, 0.25) is 0 Å². The molecule has 0 fully saturated rings. The normalized spacial score (nSPS) is 12.4. The monoisotopic (exact) mass is 277 g/mol. The Morgan fingerprint density at radius 1 is 0.947 bits per heavy atom. The van der Waals surface area contributed by atoms with Crippen molar-refractivity contribution < 1.29 is 0 Å². The van der Waals surface area contributed by atoms with Gasteiger partial charge in [0, 0.05) is 11.4 Å². The van der Waals surface area contributed by atoms with E-state index in [-0.39, 0.29) is 10.9 Å². The molecule has 0 N–H and O–H groups in total. The molecule has 19 heavy (non-hydrogen) atoms. The van der Waals surface area contributed by atoms with Gasteiger partial charge in [0.15, 0.2) is 0 Å². The summed E-state index contributed by atoms with van der Waals surface area (Å²) in [6, 6.07) is 4.14. The Hall–Kier alpha value is -1.23. The number of nitrogens with zero attached hydrogens (tertiary/aromatic N) is 4. The van der Waals surface area contributed by atoms with Gasteiger partial charge in [-0.1, -0.05) is 13.8 Å². The third kappa shape index (κ3) is 2.71. The largest absolute Gasteiger partial charge is 0.782 e. The van der Waals surface area contributed by atoms with Crippen LogP contribution in [0.15, 0.2) is 12.1 Å². The minimum atomic E-state index is -0.382. The van der Waals surface area contributed by atoms with Crippen LogP contribution in [0, 0.1) is 27.7 Å². The highest BCUT2D eigenvalue weighted by atomic mass is 32.1. The number of hydrogen-bond donors (Lipinski definition) is 0. The second kappa shape index (κ2) is 4.71. The van der Waals surface area contributed by atoms with E-state index in [4.69, 9.17) is 12.6 Å². The molecule has 0 aliphatic rings. The van der Waals surface area contributed by atoms with Gasteiger partial charge in [0.1, 0.15) is 6.17 Å². The van der Waals surface area contributed by atoms with Crippen LogP contribution in [0.2, 0.25) is 0 Å². The van der Waals surface area contributed by atoms with Crippen LogP contribution < -0.4 is 0 Å². The molecule has 0 aliphatic heterocycles. The molecule has 5 heteroatoms. The average molecular weight is 277 g/mol. The molecule has 2 aromatic rings. The lowest BCUT2D eigenvalue weighted by atomic mass is 10.1. The van der Waals surface area contributed by atoms with E-state index in [1.54, 1.807) is 0 Å². The van der Waals surface area contributed by atoms with Gasteiger partial charge < -0.3 is 12.6 Å². The predicted molar refractivity (Wildman–Crippen MR) is 79.3 cm³/mol. The Labute approximate surface area is 120 Å². The minimum Gasteiger partial charge on any atom is -0.782 e. The third-order valence-corrected chi connectivity index (χ3v) is 3.39. The van der Waals surface area contributed by atoms with Gasteiger partial charge in [0.25, 0.3) is 0 Å². The van der Waals surface area contributed by atoms with Crippen molar-refractivity contribution in [2.24, 2.45) is 0 Å². The summed E-state index contributed by atoms with van der Waals surface area (Å²) in [6.07, 6.45) is -0.0927. The Balaban J connectivity index is 2.61. The third-order valence-electron chi connectivity index (χ3n) is 3.17. The van der Waals surface area contributed by atoms with E-state index < -0.39 is 0 Å². The smallest absolute Gasteiger partial charge is 0.127 e. The fourth-order valence-corrected chi connectivity index (χ4v) is 2.68. The maximum Gasteiger partial charge on any atom is 0.127 e. The lowest BCUT2D eigenvalue weighted by Gasteiger charge is -2.42. The van der Waals surface area contributed by atoms with Crippen LogP contribution in [0.25, 0.3) is 0 Å². The second-order valence-corrected chi connectivity index (χ2v) is 6.77. The SMILES string of the molecule is Cc1cc(C)n(C(n2nc(C)cc2C)C(C)(C)[S-])n1. The zero-order valence-electron chi connectivity index (χ0n) is 12.4. The van der Waals surface area contributed by atoms with E-state index in [9.17, 15) is 0 Å². The van der Waals surface area contributed by atoms with E-state index in [2.05, 4.69) is 36.2 Å². The highest BCUT2D eigenvalue weighted by Crippen LogP contribution is 2.27. The topological polar surface area (TPSA) is 35.6 Å². The van der Waals surface area contributed by atoms with Crippen molar-refractivity contribution in [1.82, 2.24) is 19.6 Å². The summed E-state index contributed by atoms with van der Waals surface area (Å²) in [6.45, 7) is 12.2. The second-order valence-electron chi connectivity index (χ2n) is 5.72. The van der Waals surface area contributed by atoms with Gasteiger partial charge in [-0.2, -0.15) is 10.2 Å². The van der Waals surface area contributed by atoms with E-state index in [1.807, 2.05) is 37.1 Å². The van der Waals surface area contributed by atoms with Crippen LogP contribution in [-0.2, 0) is 12.6 Å². The predicted octanol–water partition coefficient (Wildman–Crippen LogP) is 2.69. The maximum absolute atomic E-state index is 5.69. The van der Waals surface area contributed by atoms with Crippen LogP contribution in [-0.4, -0.2) is 24.3 Å². The Morgan fingerprint density at radius 3 is 1.53 bits per heavy atom. The summed E-state index contributed by atoms with van der Waals surface area (Å²) >= 11 is 5.69. The lowest BCUT2D eigenvalue weighted by molar-refractivity contribution is 0.290. The highest BCUT2D eigenvalue weighted by molar-refractivity contribution is 7.60. The quantitative estimate of drug-likeness (QED) is 0.809. The zero-order chi connectivity index (χ0) is 14.4. The molecule has 104 valence electrons. The molecule has 2 aromatic heterocycles. The van der Waals surface area contributed by atoms with Gasteiger partial charge >= 0.3 is 0 Å². The molecule has 2 heterocycles. The number of aryl methyl sites for hydroxylation is 4. The molecule has 0 radical (unpaired) electrons. The first kappa shape index (κ1) is 14.2. The van der Waals surface area contributed by atoms with Gasteiger partial charge in [-0.3, -0.25) is 0 Å². The molecule has 0 saturated carbocycles. The Morgan fingerprint density at radius 2 is 1.32 bits per heavy atom. The summed E-state index contributed by atoms with van der Waals surface area (Å²) in [5.74, 6) is 0. The molecule has 0 atom stereocenters. The molecule has 0 aliphatic carbocycles. The molecular weight excluding hydrogens is 256 g/mol. The average Bonchev–Trinajstić information content (AvgIpc) is 2.70. The molecule has 0 amide bonds. The first-order valence-corrected chi connectivity index (χ1v) is 6.87. The van der Waals surface area contributed by atoms with Crippen molar-refractivity contribution in [3.63, 3.8) is 0 Å².